The lowest BCUT2D eigenvalue weighted by molar-refractivity contribution is -0.0663. The number of carbonyl (C=O) groups excluding carboxylic acids is 1. The summed E-state index contributed by atoms with van der Waals surface area (Å²) in [4.78, 5) is 12.4. The molecule has 0 unspecified atom stereocenters. The zero-order chi connectivity index (χ0) is 15.3. The Morgan fingerprint density at radius 3 is 2.40 bits per heavy atom. The zero-order valence-electron chi connectivity index (χ0n) is 12.2. The predicted molar refractivity (Wildman–Crippen MR) is 87.6 cm³/mol. The van der Waals surface area contributed by atoms with E-state index in [9.17, 15) is 9.90 Å². The maximum atomic E-state index is 12.4. The SMILES string of the molecule is CC1(C)C(N)C(C)(C)C1NC(=O)c1cc(I)ccc1O. The highest BCUT2D eigenvalue weighted by molar-refractivity contribution is 14.1. The van der Waals surface area contributed by atoms with Crippen molar-refractivity contribution in [1.29, 1.82) is 0 Å². The Hall–Kier alpha value is -0.820. The molecular formula is C15H21IN2O2. The van der Waals surface area contributed by atoms with Crippen molar-refractivity contribution in [3.63, 3.8) is 0 Å². The van der Waals surface area contributed by atoms with E-state index in [1.165, 1.54) is 0 Å². The normalized spacial score (nSPS) is 26.7. The Morgan fingerprint density at radius 1 is 1.30 bits per heavy atom. The van der Waals surface area contributed by atoms with E-state index in [1.54, 1.807) is 18.2 Å². The van der Waals surface area contributed by atoms with Crippen molar-refractivity contribution < 1.29 is 9.90 Å². The molecule has 4 N–H and O–H groups in total. The largest absolute Gasteiger partial charge is 0.507 e. The highest BCUT2D eigenvalue weighted by atomic mass is 127. The Morgan fingerprint density at radius 2 is 1.85 bits per heavy atom. The van der Waals surface area contributed by atoms with E-state index in [-0.39, 0.29) is 34.6 Å². The van der Waals surface area contributed by atoms with Crippen molar-refractivity contribution in [3.05, 3.63) is 27.3 Å². The molecule has 0 bridgehead atoms. The summed E-state index contributed by atoms with van der Waals surface area (Å²) in [5.41, 5.74) is 6.19. The first-order valence-corrected chi connectivity index (χ1v) is 7.71. The monoisotopic (exact) mass is 388 g/mol. The number of amides is 1. The fourth-order valence-corrected chi connectivity index (χ4v) is 3.94. The minimum Gasteiger partial charge on any atom is -0.507 e. The fourth-order valence-electron chi connectivity index (χ4n) is 3.45. The number of halogens is 1. The maximum Gasteiger partial charge on any atom is 0.255 e. The van der Waals surface area contributed by atoms with E-state index >= 15 is 0 Å². The van der Waals surface area contributed by atoms with Gasteiger partial charge in [-0.15, -0.1) is 0 Å². The van der Waals surface area contributed by atoms with E-state index in [0.717, 1.165) is 3.57 Å². The van der Waals surface area contributed by atoms with Crippen LogP contribution in [0.1, 0.15) is 38.1 Å². The lowest BCUT2D eigenvalue weighted by atomic mass is 9.48. The van der Waals surface area contributed by atoms with Crippen LogP contribution in [0.15, 0.2) is 18.2 Å². The Balaban J connectivity index is 2.22. The predicted octanol–water partition coefficient (Wildman–Crippen LogP) is 2.49. The van der Waals surface area contributed by atoms with Gasteiger partial charge >= 0.3 is 0 Å². The third kappa shape index (κ3) is 2.30. The number of aromatic hydroxyl groups is 1. The summed E-state index contributed by atoms with van der Waals surface area (Å²) in [6.45, 7) is 8.23. The molecule has 4 nitrogen and oxygen atoms in total. The molecule has 0 heterocycles. The molecule has 1 aromatic rings. The average molecular weight is 388 g/mol. The van der Waals surface area contributed by atoms with Crippen LogP contribution in [0.3, 0.4) is 0 Å². The molecule has 0 aromatic heterocycles. The van der Waals surface area contributed by atoms with Crippen LogP contribution < -0.4 is 11.1 Å². The first-order valence-electron chi connectivity index (χ1n) is 6.63. The van der Waals surface area contributed by atoms with Crippen LogP contribution in [0.5, 0.6) is 5.75 Å². The van der Waals surface area contributed by atoms with Gasteiger partial charge in [0.05, 0.1) is 5.56 Å². The highest BCUT2D eigenvalue weighted by Crippen LogP contribution is 2.52. The van der Waals surface area contributed by atoms with Gasteiger partial charge in [0.1, 0.15) is 5.75 Å². The van der Waals surface area contributed by atoms with Gasteiger partial charge in [0, 0.05) is 26.5 Å². The molecule has 1 amide bonds. The van der Waals surface area contributed by atoms with E-state index in [1.807, 2.05) is 0 Å². The van der Waals surface area contributed by atoms with Crippen LogP contribution in [0.25, 0.3) is 0 Å². The number of carbonyl (C=O) groups is 1. The molecule has 110 valence electrons. The molecule has 1 aromatic carbocycles. The van der Waals surface area contributed by atoms with Crippen LogP contribution in [0.2, 0.25) is 0 Å². The lowest BCUT2D eigenvalue weighted by Crippen LogP contribution is -2.76. The topological polar surface area (TPSA) is 75.3 Å². The second-order valence-electron chi connectivity index (χ2n) is 6.69. The number of hydrogen-bond donors (Lipinski definition) is 3. The van der Waals surface area contributed by atoms with Gasteiger partial charge < -0.3 is 16.2 Å². The molecular weight excluding hydrogens is 367 g/mol. The van der Waals surface area contributed by atoms with Gasteiger partial charge in [-0.25, -0.2) is 0 Å². The van der Waals surface area contributed by atoms with Crippen LogP contribution in [0, 0.1) is 14.4 Å². The molecule has 0 aliphatic heterocycles. The highest BCUT2D eigenvalue weighted by Gasteiger charge is 2.60. The summed E-state index contributed by atoms with van der Waals surface area (Å²) in [6.07, 6.45) is 0. The molecule has 1 fully saturated rings. The molecule has 0 spiro atoms. The number of benzene rings is 1. The maximum absolute atomic E-state index is 12.4. The third-order valence-corrected chi connectivity index (χ3v) is 5.24. The third-order valence-electron chi connectivity index (χ3n) is 4.57. The first kappa shape index (κ1) is 15.6. The molecule has 1 saturated carbocycles. The van der Waals surface area contributed by atoms with Crippen molar-refractivity contribution in [2.75, 3.05) is 0 Å². The summed E-state index contributed by atoms with van der Waals surface area (Å²) in [5, 5.41) is 12.9. The van der Waals surface area contributed by atoms with E-state index in [2.05, 4.69) is 55.6 Å². The fraction of sp³-hybridized carbons (Fsp3) is 0.533. The summed E-state index contributed by atoms with van der Waals surface area (Å²) < 4.78 is 0.911. The molecule has 0 saturated heterocycles. The second kappa shape index (κ2) is 4.87. The van der Waals surface area contributed by atoms with Gasteiger partial charge in [-0.1, -0.05) is 27.7 Å². The summed E-state index contributed by atoms with van der Waals surface area (Å²) in [6, 6.07) is 5.00. The van der Waals surface area contributed by atoms with Crippen LogP contribution in [-0.4, -0.2) is 23.1 Å². The Labute approximate surface area is 133 Å². The Kier molecular flexibility index (Phi) is 3.79. The quantitative estimate of drug-likeness (QED) is 0.682. The standard InChI is InChI=1S/C15H21IN2O2/c1-14(2)12(17)15(3,4)13(14)18-11(20)9-7-8(16)5-6-10(9)19/h5-7,12-13,19H,17H2,1-4H3,(H,18,20). The molecule has 2 rings (SSSR count). The number of nitrogens with two attached hydrogens (primary N) is 1. The summed E-state index contributed by atoms with van der Waals surface area (Å²) in [5.74, 6) is -0.249. The van der Waals surface area contributed by atoms with Crippen molar-refractivity contribution in [3.8, 4) is 5.75 Å². The number of phenolic OH excluding ortho intramolecular Hbond substituents is 1. The van der Waals surface area contributed by atoms with Gasteiger partial charge in [0.25, 0.3) is 5.91 Å². The zero-order valence-corrected chi connectivity index (χ0v) is 14.4. The molecule has 0 atom stereocenters. The Bertz CT molecular complexity index is 539. The average Bonchev–Trinajstić information content (AvgIpc) is 2.37. The van der Waals surface area contributed by atoms with Gasteiger partial charge in [0.2, 0.25) is 0 Å². The van der Waals surface area contributed by atoms with E-state index in [4.69, 9.17) is 5.73 Å². The molecule has 5 heteroatoms. The molecule has 0 radical (unpaired) electrons. The minimum atomic E-state index is -0.251. The van der Waals surface area contributed by atoms with E-state index < -0.39 is 0 Å². The molecule has 1 aliphatic carbocycles. The second-order valence-corrected chi connectivity index (χ2v) is 7.93. The van der Waals surface area contributed by atoms with Gasteiger partial charge in [-0.2, -0.15) is 0 Å². The minimum absolute atomic E-state index is 0.00199. The smallest absolute Gasteiger partial charge is 0.255 e. The summed E-state index contributed by atoms with van der Waals surface area (Å²) >= 11 is 2.12. The number of phenols is 1. The first-order chi connectivity index (χ1) is 9.08. The van der Waals surface area contributed by atoms with Crippen molar-refractivity contribution in [2.45, 2.75) is 39.8 Å². The van der Waals surface area contributed by atoms with Gasteiger partial charge in [-0.3, -0.25) is 4.79 Å². The van der Waals surface area contributed by atoms with Crippen LogP contribution >= 0.6 is 22.6 Å². The van der Waals surface area contributed by atoms with Crippen LogP contribution in [-0.2, 0) is 0 Å². The van der Waals surface area contributed by atoms with Gasteiger partial charge in [-0.05, 0) is 40.8 Å². The van der Waals surface area contributed by atoms with Crippen molar-refractivity contribution in [2.24, 2.45) is 16.6 Å². The number of rotatable bonds is 2. The van der Waals surface area contributed by atoms with Gasteiger partial charge in [0.15, 0.2) is 0 Å². The molecule has 20 heavy (non-hydrogen) atoms. The lowest BCUT2D eigenvalue weighted by Gasteiger charge is -2.62. The molecule has 1 aliphatic rings. The van der Waals surface area contributed by atoms with Crippen LogP contribution in [0.4, 0.5) is 0 Å². The number of nitrogens with one attached hydrogen (secondary N) is 1. The van der Waals surface area contributed by atoms with Crippen molar-refractivity contribution >= 4 is 28.5 Å². The summed E-state index contributed by atoms with van der Waals surface area (Å²) in [7, 11) is 0. The van der Waals surface area contributed by atoms with Crippen molar-refractivity contribution in [1.82, 2.24) is 5.32 Å². The van der Waals surface area contributed by atoms with E-state index in [0.29, 0.717) is 5.56 Å². The number of hydrogen-bond acceptors (Lipinski definition) is 3.